The number of alkyl carbamates (subject to hydrolysis) is 1. The van der Waals surface area contributed by atoms with Crippen LogP contribution in [0.5, 0.6) is 0 Å². The number of rotatable bonds is 10. The van der Waals surface area contributed by atoms with Gasteiger partial charge in [-0.3, -0.25) is 9.69 Å². The van der Waals surface area contributed by atoms with Gasteiger partial charge in [0.15, 0.2) is 0 Å². The highest BCUT2D eigenvalue weighted by Gasteiger charge is 2.72. The van der Waals surface area contributed by atoms with E-state index in [1.807, 2.05) is 0 Å². The minimum Gasteiger partial charge on any atom is -0.481 e. The largest absolute Gasteiger partial charge is 0.481 e. The van der Waals surface area contributed by atoms with Crippen LogP contribution in [0, 0.1) is 62.6 Å². The molecule has 3 amide bonds. The Bertz CT molecular complexity index is 1350. The van der Waals surface area contributed by atoms with E-state index in [4.69, 9.17) is 9.47 Å². The molecule has 1 saturated heterocycles. The van der Waals surface area contributed by atoms with E-state index in [1.54, 1.807) is 0 Å². The van der Waals surface area contributed by atoms with Crippen LogP contribution in [-0.4, -0.2) is 86.2 Å². The van der Waals surface area contributed by atoms with Gasteiger partial charge in [0.2, 0.25) is 0 Å². The van der Waals surface area contributed by atoms with Crippen molar-refractivity contribution in [2.45, 2.75) is 137 Å². The van der Waals surface area contributed by atoms with Crippen LogP contribution in [0.2, 0.25) is 0 Å². The molecule has 0 spiro atoms. The average molecular weight is 727 g/mol. The summed E-state index contributed by atoms with van der Waals surface area (Å²) >= 11 is 0. The number of ether oxygens (including phenoxy) is 2. The summed E-state index contributed by atoms with van der Waals surface area (Å²) in [6, 6.07) is 0.180. The summed E-state index contributed by atoms with van der Waals surface area (Å²) in [7, 11) is 0. The number of nitrogens with zero attached hydrogens (tertiary/aromatic N) is 1. The maximum Gasteiger partial charge on any atom is 0.407 e. The van der Waals surface area contributed by atoms with Crippen LogP contribution in [-0.2, 0) is 14.3 Å². The second-order valence-electron chi connectivity index (χ2n) is 20.0. The number of hydrogen-bond acceptors (Lipinski definition) is 6. The SMILES string of the molecule is CC(CNC(=O)NCCCN1CCOCC1)[C@@H]1CC[C@]2(C(=O)O)CC[C@]3(C)C(CCC4[C@@]5(C)CC[C@@H](OC(=O)NC6CC6)C(C)(C)C5CC[C@]43C)C12. The zero-order chi connectivity index (χ0) is 37.1. The fourth-order valence-electron chi connectivity index (χ4n) is 14.2. The molecular formula is C42H70N4O6. The fourth-order valence-corrected chi connectivity index (χ4v) is 14.2. The van der Waals surface area contributed by atoms with E-state index in [0.717, 1.165) is 116 Å². The zero-order valence-electron chi connectivity index (χ0n) is 33.2. The van der Waals surface area contributed by atoms with Gasteiger partial charge in [0.05, 0.1) is 18.6 Å². The molecule has 294 valence electrons. The van der Waals surface area contributed by atoms with Crippen molar-refractivity contribution < 1.29 is 29.0 Å². The first kappa shape index (κ1) is 38.2. The number of amides is 3. The summed E-state index contributed by atoms with van der Waals surface area (Å²) in [5.74, 6) is 1.43. The molecule has 4 N–H and O–H groups in total. The Hall–Kier alpha value is -2.07. The van der Waals surface area contributed by atoms with Crippen molar-refractivity contribution in [3.05, 3.63) is 0 Å². The van der Waals surface area contributed by atoms with Gasteiger partial charge in [-0.15, -0.1) is 0 Å². The molecular weight excluding hydrogens is 656 g/mol. The van der Waals surface area contributed by atoms with Gasteiger partial charge in [0, 0.05) is 37.6 Å². The molecule has 5 unspecified atom stereocenters. The highest BCUT2D eigenvalue weighted by Crippen LogP contribution is 2.77. The molecule has 0 aromatic heterocycles. The van der Waals surface area contributed by atoms with E-state index in [2.05, 4.69) is 62.4 Å². The van der Waals surface area contributed by atoms with Crippen LogP contribution in [0.1, 0.15) is 125 Å². The summed E-state index contributed by atoms with van der Waals surface area (Å²) in [6.07, 6.45) is 12.6. The number of urea groups is 1. The lowest BCUT2D eigenvalue weighted by atomic mass is 9.32. The summed E-state index contributed by atoms with van der Waals surface area (Å²) < 4.78 is 11.6. The predicted molar refractivity (Wildman–Crippen MR) is 201 cm³/mol. The highest BCUT2D eigenvalue weighted by atomic mass is 16.6. The van der Waals surface area contributed by atoms with Crippen LogP contribution in [0.25, 0.3) is 0 Å². The quantitative estimate of drug-likeness (QED) is 0.177. The van der Waals surface area contributed by atoms with Gasteiger partial charge in [0.25, 0.3) is 0 Å². The van der Waals surface area contributed by atoms with Crippen molar-refractivity contribution in [2.24, 2.45) is 62.6 Å². The topological polar surface area (TPSA) is 129 Å². The first-order chi connectivity index (χ1) is 24.7. The fraction of sp³-hybridized carbons (Fsp3) is 0.929. The normalized spacial score (nSPS) is 43.1. The van der Waals surface area contributed by atoms with Crippen LogP contribution in [0.3, 0.4) is 0 Å². The number of carbonyl (C=O) groups excluding carboxylic acids is 2. The summed E-state index contributed by atoms with van der Waals surface area (Å²) in [4.78, 5) is 41.4. The van der Waals surface area contributed by atoms with E-state index < -0.39 is 11.4 Å². The Kier molecular flexibility index (Phi) is 10.4. The molecule has 1 heterocycles. The smallest absolute Gasteiger partial charge is 0.407 e. The third kappa shape index (κ3) is 6.45. The van der Waals surface area contributed by atoms with E-state index in [-0.39, 0.29) is 57.6 Å². The second-order valence-corrected chi connectivity index (χ2v) is 20.0. The van der Waals surface area contributed by atoms with Gasteiger partial charge in [-0.25, -0.2) is 9.59 Å². The van der Waals surface area contributed by atoms with E-state index in [9.17, 15) is 19.5 Å². The van der Waals surface area contributed by atoms with Crippen LogP contribution in [0.4, 0.5) is 9.59 Å². The second kappa shape index (κ2) is 14.2. The van der Waals surface area contributed by atoms with Gasteiger partial charge < -0.3 is 30.5 Å². The first-order valence-corrected chi connectivity index (χ1v) is 21.2. The Morgan fingerprint density at radius 3 is 2.31 bits per heavy atom. The van der Waals surface area contributed by atoms with Gasteiger partial charge in [0.1, 0.15) is 6.10 Å². The first-order valence-electron chi connectivity index (χ1n) is 21.2. The maximum absolute atomic E-state index is 13.3. The average Bonchev–Trinajstić information content (AvgIpc) is 3.82. The molecule has 1 aliphatic heterocycles. The number of carboxylic acids is 1. The van der Waals surface area contributed by atoms with Crippen molar-refractivity contribution in [1.29, 1.82) is 0 Å². The van der Waals surface area contributed by atoms with Crippen molar-refractivity contribution in [2.75, 3.05) is 45.9 Å². The summed E-state index contributed by atoms with van der Waals surface area (Å²) in [5.41, 5.74) is -0.433. The minimum atomic E-state index is -0.659. The number of fused-ring (bicyclic) bond motifs is 7. The van der Waals surface area contributed by atoms with Crippen molar-refractivity contribution in [3.63, 3.8) is 0 Å². The predicted octanol–water partition coefficient (Wildman–Crippen LogP) is 7.07. The lowest BCUT2D eigenvalue weighted by Crippen LogP contribution is -2.67. The molecule has 6 saturated carbocycles. The Balaban J connectivity index is 1.03. The van der Waals surface area contributed by atoms with Gasteiger partial charge in [-0.2, -0.15) is 0 Å². The van der Waals surface area contributed by atoms with Crippen LogP contribution in [0.15, 0.2) is 0 Å². The summed E-state index contributed by atoms with van der Waals surface area (Å²) in [5, 5.41) is 20.3. The summed E-state index contributed by atoms with van der Waals surface area (Å²) in [6.45, 7) is 20.3. The van der Waals surface area contributed by atoms with Crippen molar-refractivity contribution in [3.8, 4) is 0 Å². The van der Waals surface area contributed by atoms with Gasteiger partial charge in [-0.05, 0) is 142 Å². The molecule has 10 nitrogen and oxygen atoms in total. The Labute approximate surface area is 313 Å². The monoisotopic (exact) mass is 727 g/mol. The van der Waals surface area contributed by atoms with E-state index >= 15 is 0 Å². The molecule has 7 aliphatic rings. The third-order valence-corrected chi connectivity index (χ3v) is 17.4. The lowest BCUT2D eigenvalue weighted by Gasteiger charge is -2.72. The Morgan fingerprint density at radius 1 is 0.846 bits per heavy atom. The van der Waals surface area contributed by atoms with Crippen LogP contribution >= 0.6 is 0 Å². The molecule has 0 radical (unpaired) electrons. The van der Waals surface area contributed by atoms with Gasteiger partial charge >= 0.3 is 18.1 Å². The van der Waals surface area contributed by atoms with Crippen molar-refractivity contribution in [1.82, 2.24) is 20.9 Å². The molecule has 7 rings (SSSR count). The molecule has 11 atom stereocenters. The number of carbonyl (C=O) groups is 3. The molecule has 0 bridgehead atoms. The molecule has 0 aromatic rings. The molecule has 52 heavy (non-hydrogen) atoms. The van der Waals surface area contributed by atoms with Crippen molar-refractivity contribution >= 4 is 18.1 Å². The number of hydrogen-bond donors (Lipinski definition) is 4. The number of aliphatic carboxylic acids is 1. The lowest BCUT2D eigenvalue weighted by molar-refractivity contribution is -0.249. The van der Waals surface area contributed by atoms with Crippen LogP contribution < -0.4 is 16.0 Å². The molecule has 10 heteroatoms. The highest BCUT2D eigenvalue weighted by molar-refractivity contribution is 5.76. The maximum atomic E-state index is 13.3. The third-order valence-electron chi connectivity index (χ3n) is 17.4. The molecule has 0 aromatic carbocycles. The van der Waals surface area contributed by atoms with Gasteiger partial charge in [-0.1, -0.05) is 41.5 Å². The van der Waals surface area contributed by atoms with E-state index in [1.165, 1.54) is 0 Å². The number of morpholine rings is 1. The number of nitrogens with one attached hydrogen (secondary N) is 3. The molecule has 6 aliphatic carbocycles. The molecule has 7 fully saturated rings. The standard InChI is InChI=1S/C42H70N4O6/c1-27(26-44-36(49)43-20-7-21-46-22-24-51-25-23-46)29-12-17-42(35(47)48)19-18-40(5)30(34(29)42)10-11-32-39(4)15-14-33(52-37(50)45-28-8-9-28)38(2,3)31(39)13-16-41(32,40)6/h27-34H,7-26H2,1-6H3,(H,45,50)(H,47,48)(H2,43,44,49)/t27?,29-,30?,31?,32?,33+,34?,39-,40+,41+,42-/m0/s1. The minimum absolute atomic E-state index is 0.0583. The number of carboxylic acid groups (broad SMARTS) is 1. The Morgan fingerprint density at radius 2 is 1.60 bits per heavy atom. The zero-order valence-corrected chi connectivity index (χ0v) is 33.2. The van der Waals surface area contributed by atoms with E-state index in [0.29, 0.717) is 36.9 Å².